The minimum Gasteiger partial charge on any atom is -0.321 e. The summed E-state index contributed by atoms with van der Waals surface area (Å²) in [6.07, 6.45) is 5.11. The molecule has 0 bridgehead atoms. The van der Waals surface area contributed by atoms with Crippen LogP contribution in [0.25, 0.3) is 0 Å². The number of benzene rings is 1. The van der Waals surface area contributed by atoms with E-state index in [0.29, 0.717) is 12.6 Å². The van der Waals surface area contributed by atoms with Gasteiger partial charge in [-0.1, -0.05) is 15.9 Å². The summed E-state index contributed by atoms with van der Waals surface area (Å²) in [6, 6.07) is 6.56. The molecule has 0 heterocycles. The lowest BCUT2D eigenvalue weighted by Crippen LogP contribution is -2.51. The van der Waals surface area contributed by atoms with E-state index >= 15 is 0 Å². The normalized spacial score (nSPS) is 16.4. The van der Waals surface area contributed by atoms with Gasteiger partial charge in [0.25, 0.3) is 5.91 Å². The van der Waals surface area contributed by atoms with E-state index in [4.69, 9.17) is 0 Å². The number of likely N-dealkylation sites (N-methyl/N-ethyl adjacent to an activating group) is 1. The number of carbonyl (C=O) groups is 1. The Morgan fingerprint density at radius 2 is 2.00 bits per heavy atom. The largest absolute Gasteiger partial charge is 0.321 e. The zero-order valence-corrected chi connectivity index (χ0v) is 14.2. The lowest BCUT2D eigenvalue weighted by Gasteiger charge is -2.35. The number of quaternary nitrogens is 1. The van der Waals surface area contributed by atoms with Gasteiger partial charge in [0.1, 0.15) is 0 Å². The van der Waals surface area contributed by atoms with Gasteiger partial charge in [0.2, 0.25) is 0 Å². The number of halogens is 1. The fraction of sp³-hybridized carbons (Fsp3) is 0.562. The summed E-state index contributed by atoms with van der Waals surface area (Å²) in [6.45, 7) is 2.55. The Morgan fingerprint density at radius 1 is 1.35 bits per heavy atom. The zero-order chi connectivity index (χ0) is 14.8. The third-order valence-electron chi connectivity index (χ3n) is 4.33. The fourth-order valence-corrected chi connectivity index (χ4v) is 3.54. The molecule has 2 rings (SSSR count). The summed E-state index contributed by atoms with van der Waals surface area (Å²) in [5, 5.41) is 3.04. The summed E-state index contributed by atoms with van der Waals surface area (Å²) < 4.78 is 1.83. The van der Waals surface area contributed by atoms with Crippen LogP contribution in [0.1, 0.15) is 31.2 Å². The van der Waals surface area contributed by atoms with Crippen molar-refractivity contribution in [3.8, 4) is 0 Å². The number of nitrogens with one attached hydrogen (secondary N) is 1. The van der Waals surface area contributed by atoms with E-state index in [9.17, 15) is 4.79 Å². The molecule has 4 heteroatoms. The smallest absolute Gasteiger partial charge is 0.279 e. The van der Waals surface area contributed by atoms with E-state index in [-0.39, 0.29) is 5.91 Å². The van der Waals surface area contributed by atoms with Crippen molar-refractivity contribution >= 4 is 27.5 Å². The van der Waals surface area contributed by atoms with Crippen LogP contribution in [0.3, 0.4) is 0 Å². The molecule has 1 saturated carbocycles. The molecule has 0 spiro atoms. The van der Waals surface area contributed by atoms with E-state index in [0.717, 1.165) is 20.2 Å². The maximum absolute atomic E-state index is 12.3. The van der Waals surface area contributed by atoms with Crippen molar-refractivity contribution in [3.05, 3.63) is 28.2 Å². The van der Waals surface area contributed by atoms with Crippen LogP contribution in [0, 0.1) is 6.92 Å². The number of hydrogen-bond acceptors (Lipinski definition) is 1. The van der Waals surface area contributed by atoms with Crippen molar-refractivity contribution in [3.63, 3.8) is 0 Å². The second kappa shape index (κ2) is 6.27. The second-order valence-electron chi connectivity index (χ2n) is 6.38. The molecular formula is C16H24BrN2O+. The van der Waals surface area contributed by atoms with Gasteiger partial charge in [-0.05, 0) is 56.4 Å². The van der Waals surface area contributed by atoms with Crippen molar-refractivity contribution in [2.75, 3.05) is 26.0 Å². The molecular weight excluding hydrogens is 316 g/mol. The van der Waals surface area contributed by atoms with Gasteiger partial charge < -0.3 is 9.80 Å². The van der Waals surface area contributed by atoms with Gasteiger partial charge in [0.15, 0.2) is 6.54 Å². The molecule has 1 aliphatic carbocycles. The topological polar surface area (TPSA) is 29.1 Å². The number of hydrogen-bond donors (Lipinski definition) is 1. The Morgan fingerprint density at radius 3 is 2.60 bits per heavy atom. The average Bonchev–Trinajstić information content (AvgIpc) is 2.86. The molecule has 0 aliphatic heterocycles. The maximum Gasteiger partial charge on any atom is 0.279 e. The zero-order valence-electron chi connectivity index (χ0n) is 12.6. The van der Waals surface area contributed by atoms with Crippen LogP contribution in [0.4, 0.5) is 5.69 Å². The van der Waals surface area contributed by atoms with Crippen LogP contribution < -0.4 is 5.32 Å². The van der Waals surface area contributed by atoms with Gasteiger partial charge in [-0.2, -0.15) is 0 Å². The molecule has 0 aromatic heterocycles. The van der Waals surface area contributed by atoms with E-state index in [1.807, 2.05) is 25.1 Å². The van der Waals surface area contributed by atoms with Gasteiger partial charge in [0, 0.05) is 10.2 Å². The summed E-state index contributed by atoms with van der Waals surface area (Å²) in [4.78, 5) is 12.3. The Bertz CT molecular complexity index is 493. The van der Waals surface area contributed by atoms with Crippen molar-refractivity contribution < 1.29 is 9.28 Å². The molecule has 1 aliphatic rings. The van der Waals surface area contributed by atoms with Gasteiger partial charge in [-0.3, -0.25) is 4.79 Å². The van der Waals surface area contributed by atoms with E-state index in [2.05, 4.69) is 35.3 Å². The highest BCUT2D eigenvalue weighted by Gasteiger charge is 2.33. The lowest BCUT2D eigenvalue weighted by molar-refractivity contribution is -0.906. The van der Waals surface area contributed by atoms with Crippen LogP contribution in [-0.2, 0) is 4.79 Å². The molecule has 0 atom stereocenters. The summed E-state index contributed by atoms with van der Waals surface area (Å²) in [7, 11) is 4.34. The highest BCUT2D eigenvalue weighted by atomic mass is 79.9. The molecule has 20 heavy (non-hydrogen) atoms. The summed E-state index contributed by atoms with van der Waals surface area (Å²) >= 11 is 3.44. The number of aryl methyl sites for hydroxylation is 1. The molecule has 3 nitrogen and oxygen atoms in total. The number of amides is 1. The Hall–Kier alpha value is -0.870. The summed E-state index contributed by atoms with van der Waals surface area (Å²) in [5.74, 6) is 0.104. The quantitative estimate of drug-likeness (QED) is 0.832. The van der Waals surface area contributed by atoms with E-state index in [1.54, 1.807) is 0 Å². The standard InChI is InChI=1S/C16H23BrN2O/c1-12-10-13(17)8-9-15(12)18-16(20)11-19(2,3)14-6-4-5-7-14/h8-10,14H,4-7,11H2,1-3H3/p+1. The third kappa shape index (κ3) is 3.83. The minimum atomic E-state index is 0.104. The van der Waals surface area contributed by atoms with Crippen molar-refractivity contribution in [1.29, 1.82) is 0 Å². The first-order valence-electron chi connectivity index (χ1n) is 7.27. The summed E-state index contributed by atoms with van der Waals surface area (Å²) in [5.41, 5.74) is 1.99. The average molecular weight is 340 g/mol. The van der Waals surface area contributed by atoms with Gasteiger partial charge >= 0.3 is 0 Å². The van der Waals surface area contributed by atoms with Crippen LogP contribution in [0.15, 0.2) is 22.7 Å². The van der Waals surface area contributed by atoms with Crippen LogP contribution >= 0.6 is 15.9 Å². The number of rotatable bonds is 4. The first-order valence-corrected chi connectivity index (χ1v) is 8.06. The second-order valence-corrected chi connectivity index (χ2v) is 7.30. The fourth-order valence-electron chi connectivity index (χ4n) is 3.06. The molecule has 110 valence electrons. The van der Waals surface area contributed by atoms with Gasteiger partial charge in [0.05, 0.1) is 20.1 Å². The predicted octanol–water partition coefficient (Wildman–Crippen LogP) is 3.72. The molecule has 1 amide bonds. The van der Waals surface area contributed by atoms with Crippen LogP contribution in [0.5, 0.6) is 0 Å². The highest BCUT2D eigenvalue weighted by molar-refractivity contribution is 9.10. The number of anilines is 1. The minimum absolute atomic E-state index is 0.104. The highest BCUT2D eigenvalue weighted by Crippen LogP contribution is 2.27. The van der Waals surface area contributed by atoms with Gasteiger partial charge in [-0.15, -0.1) is 0 Å². The SMILES string of the molecule is Cc1cc(Br)ccc1NC(=O)C[N+](C)(C)C1CCCC1. The Balaban J connectivity index is 1.98. The molecule has 0 saturated heterocycles. The Kier molecular flexibility index (Phi) is 4.86. The predicted molar refractivity (Wildman–Crippen MR) is 86.7 cm³/mol. The Labute approximate surface area is 130 Å². The van der Waals surface area contributed by atoms with Crippen LogP contribution in [-0.4, -0.2) is 37.1 Å². The van der Waals surface area contributed by atoms with E-state index in [1.165, 1.54) is 25.7 Å². The molecule has 1 fully saturated rings. The lowest BCUT2D eigenvalue weighted by atomic mass is 10.1. The first kappa shape index (κ1) is 15.5. The molecule has 0 radical (unpaired) electrons. The van der Waals surface area contributed by atoms with Crippen molar-refractivity contribution in [2.24, 2.45) is 0 Å². The van der Waals surface area contributed by atoms with Gasteiger partial charge in [-0.25, -0.2) is 0 Å². The third-order valence-corrected chi connectivity index (χ3v) is 4.82. The van der Waals surface area contributed by atoms with Crippen LogP contribution in [0.2, 0.25) is 0 Å². The first-order chi connectivity index (χ1) is 9.38. The number of nitrogens with zero attached hydrogens (tertiary/aromatic N) is 1. The number of carbonyl (C=O) groups excluding carboxylic acids is 1. The molecule has 0 unspecified atom stereocenters. The maximum atomic E-state index is 12.3. The molecule has 1 N–H and O–H groups in total. The monoisotopic (exact) mass is 339 g/mol. The van der Waals surface area contributed by atoms with Crippen molar-refractivity contribution in [1.82, 2.24) is 0 Å². The molecule has 1 aromatic carbocycles. The molecule has 1 aromatic rings. The van der Waals surface area contributed by atoms with Crippen molar-refractivity contribution in [2.45, 2.75) is 38.6 Å². The van der Waals surface area contributed by atoms with E-state index < -0.39 is 0 Å².